The SMILES string of the molecule is O=C(c1cc(Cl)nc(Cl)c1)N1CCCC1c1cccnc1. The predicted molar refractivity (Wildman–Crippen MR) is 81.5 cm³/mol. The van der Waals surface area contributed by atoms with Gasteiger partial charge in [0.2, 0.25) is 0 Å². The number of rotatable bonds is 2. The lowest BCUT2D eigenvalue weighted by Gasteiger charge is -2.25. The lowest BCUT2D eigenvalue weighted by Crippen LogP contribution is -2.30. The highest BCUT2D eigenvalue weighted by Crippen LogP contribution is 2.33. The van der Waals surface area contributed by atoms with Crippen LogP contribution in [0.3, 0.4) is 0 Å². The molecule has 1 fully saturated rings. The highest BCUT2D eigenvalue weighted by Gasteiger charge is 2.31. The number of nitrogens with zero attached hydrogens (tertiary/aromatic N) is 3. The number of carbonyl (C=O) groups excluding carboxylic acids is 1. The van der Waals surface area contributed by atoms with Gasteiger partial charge in [-0.3, -0.25) is 9.78 Å². The van der Waals surface area contributed by atoms with Crippen LogP contribution in [0.2, 0.25) is 10.3 Å². The Bertz CT molecular complexity index is 643. The monoisotopic (exact) mass is 321 g/mol. The molecule has 108 valence electrons. The average Bonchev–Trinajstić information content (AvgIpc) is 2.95. The van der Waals surface area contributed by atoms with Gasteiger partial charge in [0.25, 0.3) is 5.91 Å². The van der Waals surface area contributed by atoms with Gasteiger partial charge in [0.05, 0.1) is 6.04 Å². The van der Waals surface area contributed by atoms with Crippen LogP contribution in [0.25, 0.3) is 0 Å². The van der Waals surface area contributed by atoms with E-state index in [1.54, 1.807) is 18.3 Å². The van der Waals surface area contributed by atoms with Crippen LogP contribution < -0.4 is 0 Å². The summed E-state index contributed by atoms with van der Waals surface area (Å²) in [6.45, 7) is 0.718. The molecule has 3 rings (SSSR count). The Morgan fingerprint density at radius 2 is 2.05 bits per heavy atom. The molecule has 2 aromatic rings. The number of pyridine rings is 2. The smallest absolute Gasteiger partial charge is 0.254 e. The van der Waals surface area contributed by atoms with Gasteiger partial charge in [-0.25, -0.2) is 4.98 Å². The van der Waals surface area contributed by atoms with Crippen molar-refractivity contribution in [3.63, 3.8) is 0 Å². The molecule has 1 atom stereocenters. The van der Waals surface area contributed by atoms with Gasteiger partial charge >= 0.3 is 0 Å². The van der Waals surface area contributed by atoms with Gasteiger partial charge in [-0.05, 0) is 36.6 Å². The molecule has 2 aromatic heterocycles. The maximum absolute atomic E-state index is 12.7. The molecule has 1 unspecified atom stereocenters. The van der Waals surface area contributed by atoms with E-state index in [1.807, 2.05) is 23.2 Å². The minimum Gasteiger partial charge on any atom is -0.332 e. The number of likely N-dealkylation sites (tertiary alicyclic amines) is 1. The van der Waals surface area contributed by atoms with Crippen LogP contribution in [0.15, 0.2) is 36.7 Å². The van der Waals surface area contributed by atoms with Gasteiger partial charge in [0.1, 0.15) is 10.3 Å². The Balaban J connectivity index is 1.90. The third-order valence-corrected chi connectivity index (χ3v) is 3.98. The van der Waals surface area contributed by atoms with Crippen LogP contribution in [0.5, 0.6) is 0 Å². The summed E-state index contributed by atoms with van der Waals surface area (Å²) in [4.78, 5) is 22.5. The molecule has 0 radical (unpaired) electrons. The van der Waals surface area contributed by atoms with Crippen molar-refractivity contribution in [1.29, 1.82) is 0 Å². The summed E-state index contributed by atoms with van der Waals surface area (Å²) >= 11 is 11.8. The second-order valence-electron chi connectivity index (χ2n) is 4.94. The van der Waals surface area contributed by atoms with E-state index in [0.717, 1.165) is 24.9 Å². The number of hydrogen-bond acceptors (Lipinski definition) is 3. The molecule has 0 aliphatic carbocycles. The van der Waals surface area contributed by atoms with E-state index >= 15 is 0 Å². The third-order valence-electron chi connectivity index (χ3n) is 3.59. The van der Waals surface area contributed by atoms with Crippen LogP contribution >= 0.6 is 23.2 Å². The highest BCUT2D eigenvalue weighted by atomic mass is 35.5. The van der Waals surface area contributed by atoms with Crippen molar-refractivity contribution in [2.45, 2.75) is 18.9 Å². The molecular weight excluding hydrogens is 309 g/mol. The van der Waals surface area contributed by atoms with Gasteiger partial charge < -0.3 is 4.90 Å². The van der Waals surface area contributed by atoms with Crippen LogP contribution in [0, 0.1) is 0 Å². The molecule has 0 spiro atoms. The first kappa shape index (κ1) is 14.3. The van der Waals surface area contributed by atoms with Gasteiger partial charge in [0.15, 0.2) is 0 Å². The summed E-state index contributed by atoms with van der Waals surface area (Å²) in [7, 11) is 0. The quantitative estimate of drug-likeness (QED) is 0.791. The fraction of sp³-hybridized carbons (Fsp3) is 0.267. The van der Waals surface area contributed by atoms with Crippen molar-refractivity contribution >= 4 is 29.1 Å². The van der Waals surface area contributed by atoms with Crippen molar-refractivity contribution in [3.8, 4) is 0 Å². The minimum absolute atomic E-state index is 0.0527. The van der Waals surface area contributed by atoms with Crippen molar-refractivity contribution in [2.75, 3.05) is 6.54 Å². The van der Waals surface area contributed by atoms with E-state index in [2.05, 4.69) is 9.97 Å². The first-order chi connectivity index (χ1) is 10.1. The van der Waals surface area contributed by atoms with Crippen molar-refractivity contribution < 1.29 is 4.79 Å². The van der Waals surface area contributed by atoms with Crippen molar-refractivity contribution in [2.24, 2.45) is 0 Å². The van der Waals surface area contributed by atoms with E-state index < -0.39 is 0 Å². The Morgan fingerprint density at radius 3 is 2.71 bits per heavy atom. The second kappa shape index (κ2) is 6.00. The summed E-state index contributed by atoms with van der Waals surface area (Å²) in [5, 5.41) is 0.450. The van der Waals surface area contributed by atoms with Gasteiger partial charge in [-0.15, -0.1) is 0 Å². The highest BCUT2D eigenvalue weighted by molar-refractivity contribution is 6.33. The van der Waals surface area contributed by atoms with Crippen LogP contribution in [0.4, 0.5) is 0 Å². The lowest BCUT2D eigenvalue weighted by molar-refractivity contribution is 0.0735. The molecule has 3 heterocycles. The maximum atomic E-state index is 12.7. The number of aromatic nitrogens is 2. The molecule has 21 heavy (non-hydrogen) atoms. The number of hydrogen-bond donors (Lipinski definition) is 0. The molecule has 4 nitrogen and oxygen atoms in total. The van der Waals surface area contributed by atoms with Crippen molar-refractivity contribution in [1.82, 2.24) is 14.9 Å². The standard InChI is InChI=1S/C15H13Cl2N3O/c16-13-7-11(8-14(17)19-13)15(21)20-6-2-4-12(20)10-3-1-5-18-9-10/h1,3,5,7-9,12H,2,4,6H2. The molecule has 0 saturated carbocycles. The maximum Gasteiger partial charge on any atom is 0.254 e. The van der Waals surface area contributed by atoms with E-state index in [-0.39, 0.29) is 22.3 Å². The molecule has 1 aliphatic heterocycles. The molecule has 1 saturated heterocycles. The minimum atomic E-state index is -0.0763. The fourth-order valence-corrected chi connectivity index (χ4v) is 3.14. The zero-order valence-corrected chi connectivity index (χ0v) is 12.7. The fourth-order valence-electron chi connectivity index (χ4n) is 2.68. The summed E-state index contributed by atoms with van der Waals surface area (Å²) < 4.78 is 0. The van der Waals surface area contributed by atoms with E-state index in [1.165, 1.54) is 0 Å². The average molecular weight is 322 g/mol. The predicted octanol–water partition coefficient (Wildman–Crippen LogP) is 3.76. The Morgan fingerprint density at radius 1 is 1.29 bits per heavy atom. The topological polar surface area (TPSA) is 46.1 Å². The van der Waals surface area contributed by atoms with Crippen LogP contribution in [-0.2, 0) is 0 Å². The van der Waals surface area contributed by atoms with Gasteiger partial charge in [-0.2, -0.15) is 0 Å². The molecule has 1 amide bonds. The second-order valence-corrected chi connectivity index (χ2v) is 5.72. The summed E-state index contributed by atoms with van der Waals surface area (Å²) in [5.74, 6) is -0.0763. The lowest BCUT2D eigenvalue weighted by atomic mass is 10.1. The Kier molecular flexibility index (Phi) is 4.08. The third kappa shape index (κ3) is 3.01. The Hall–Kier alpha value is -1.65. The summed E-state index contributed by atoms with van der Waals surface area (Å²) in [5.41, 5.74) is 1.52. The van der Waals surface area contributed by atoms with Crippen molar-refractivity contribution in [3.05, 3.63) is 58.1 Å². The molecule has 1 aliphatic rings. The van der Waals surface area contributed by atoms with E-state index in [4.69, 9.17) is 23.2 Å². The first-order valence-electron chi connectivity index (χ1n) is 6.69. The molecule has 0 bridgehead atoms. The first-order valence-corrected chi connectivity index (χ1v) is 7.45. The zero-order valence-electron chi connectivity index (χ0n) is 11.2. The molecule has 0 N–H and O–H groups in total. The number of amides is 1. The molecule has 6 heteroatoms. The Labute approximate surface area is 132 Å². The van der Waals surface area contributed by atoms with Gasteiger partial charge in [-0.1, -0.05) is 29.3 Å². The van der Waals surface area contributed by atoms with Crippen LogP contribution in [-0.4, -0.2) is 27.3 Å². The van der Waals surface area contributed by atoms with Crippen LogP contribution in [0.1, 0.15) is 34.8 Å². The number of halogens is 2. The number of carbonyl (C=O) groups is 1. The molecule has 0 aromatic carbocycles. The largest absolute Gasteiger partial charge is 0.332 e. The van der Waals surface area contributed by atoms with E-state index in [0.29, 0.717) is 5.56 Å². The summed E-state index contributed by atoms with van der Waals surface area (Å²) in [6, 6.07) is 7.03. The summed E-state index contributed by atoms with van der Waals surface area (Å²) in [6.07, 6.45) is 5.44. The van der Waals surface area contributed by atoms with Gasteiger partial charge in [0, 0.05) is 24.5 Å². The zero-order chi connectivity index (χ0) is 14.8. The molecular formula is C15H13Cl2N3O. The normalized spacial score (nSPS) is 18.0. The van der Waals surface area contributed by atoms with E-state index in [9.17, 15) is 4.79 Å².